The van der Waals surface area contributed by atoms with Gasteiger partial charge in [-0.25, -0.2) is 4.98 Å². The SMILES string of the molecule is CCCNC(C)(CCC(C)C)c1nc(C)c(C)s1. The highest BCUT2D eigenvalue weighted by Crippen LogP contribution is 2.32. The van der Waals surface area contributed by atoms with Crippen molar-refractivity contribution in [1.29, 1.82) is 0 Å². The Morgan fingerprint density at radius 1 is 1.33 bits per heavy atom. The van der Waals surface area contributed by atoms with Gasteiger partial charge in [-0.3, -0.25) is 0 Å². The highest BCUT2D eigenvalue weighted by molar-refractivity contribution is 7.11. The number of thiazole rings is 1. The first kappa shape index (κ1) is 15.6. The van der Waals surface area contributed by atoms with Gasteiger partial charge in [-0.15, -0.1) is 11.3 Å². The van der Waals surface area contributed by atoms with Crippen LogP contribution in [0.2, 0.25) is 0 Å². The van der Waals surface area contributed by atoms with Crippen molar-refractivity contribution in [1.82, 2.24) is 10.3 Å². The second-order valence-electron chi connectivity index (χ2n) is 5.85. The van der Waals surface area contributed by atoms with E-state index in [0.29, 0.717) is 0 Å². The van der Waals surface area contributed by atoms with Crippen LogP contribution < -0.4 is 5.32 Å². The molecule has 104 valence electrons. The van der Waals surface area contributed by atoms with Crippen LogP contribution in [0, 0.1) is 19.8 Å². The molecule has 0 aliphatic carbocycles. The van der Waals surface area contributed by atoms with Gasteiger partial charge in [0.2, 0.25) is 0 Å². The average Bonchev–Trinajstić information content (AvgIpc) is 2.65. The van der Waals surface area contributed by atoms with Gasteiger partial charge in [-0.2, -0.15) is 0 Å². The van der Waals surface area contributed by atoms with Gasteiger partial charge in [0.15, 0.2) is 0 Å². The molecule has 0 amide bonds. The number of rotatable bonds is 7. The first-order valence-corrected chi connectivity index (χ1v) is 7.90. The Labute approximate surface area is 116 Å². The standard InChI is InChI=1S/C15H28N2S/c1-7-10-16-15(6,9-8-11(2)3)14-17-12(4)13(5)18-14/h11,16H,7-10H2,1-6H3. The van der Waals surface area contributed by atoms with Crippen molar-refractivity contribution in [2.45, 2.75) is 66.3 Å². The zero-order valence-electron chi connectivity index (χ0n) is 12.8. The molecule has 0 aromatic carbocycles. The van der Waals surface area contributed by atoms with Crippen molar-refractivity contribution in [2.75, 3.05) is 6.54 Å². The third kappa shape index (κ3) is 4.06. The van der Waals surface area contributed by atoms with Gasteiger partial charge in [0.05, 0.1) is 11.2 Å². The predicted molar refractivity (Wildman–Crippen MR) is 81.3 cm³/mol. The maximum atomic E-state index is 4.77. The largest absolute Gasteiger partial charge is 0.306 e. The molecule has 0 aliphatic rings. The predicted octanol–water partition coefficient (Wildman–Crippen LogP) is 4.41. The molecule has 0 spiro atoms. The Hall–Kier alpha value is -0.410. The van der Waals surface area contributed by atoms with E-state index in [-0.39, 0.29) is 5.54 Å². The van der Waals surface area contributed by atoms with E-state index in [9.17, 15) is 0 Å². The highest BCUT2D eigenvalue weighted by Gasteiger charge is 2.29. The van der Waals surface area contributed by atoms with Crippen LogP contribution in [-0.4, -0.2) is 11.5 Å². The lowest BCUT2D eigenvalue weighted by molar-refractivity contribution is 0.311. The summed E-state index contributed by atoms with van der Waals surface area (Å²) in [7, 11) is 0. The third-order valence-electron chi connectivity index (χ3n) is 3.49. The van der Waals surface area contributed by atoms with Crippen molar-refractivity contribution >= 4 is 11.3 Å². The molecule has 0 saturated carbocycles. The molecule has 1 aromatic rings. The smallest absolute Gasteiger partial charge is 0.113 e. The molecule has 1 unspecified atom stereocenters. The minimum absolute atomic E-state index is 0.0456. The number of nitrogens with one attached hydrogen (secondary N) is 1. The van der Waals surface area contributed by atoms with Crippen LogP contribution >= 0.6 is 11.3 Å². The summed E-state index contributed by atoms with van der Waals surface area (Å²) in [5.74, 6) is 0.745. The van der Waals surface area contributed by atoms with Gasteiger partial charge in [-0.1, -0.05) is 20.8 Å². The summed E-state index contributed by atoms with van der Waals surface area (Å²) in [4.78, 5) is 6.12. The second-order valence-corrected chi connectivity index (χ2v) is 7.06. The van der Waals surface area contributed by atoms with Crippen molar-refractivity contribution in [3.8, 4) is 0 Å². The zero-order chi connectivity index (χ0) is 13.8. The Kier molecular flexibility index (Phi) is 5.80. The quantitative estimate of drug-likeness (QED) is 0.792. The Balaban J connectivity index is 2.88. The fourth-order valence-corrected chi connectivity index (χ4v) is 3.02. The molecule has 0 aliphatic heterocycles. The molecule has 1 atom stereocenters. The van der Waals surface area contributed by atoms with Gasteiger partial charge >= 0.3 is 0 Å². The van der Waals surface area contributed by atoms with E-state index in [1.54, 1.807) is 0 Å². The summed E-state index contributed by atoms with van der Waals surface area (Å²) in [6, 6.07) is 0. The van der Waals surface area contributed by atoms with E-state index in [4.69, 9.17) is 4.98 Å². The Bertz CT molecular complexity index is 351. The van der Waals surface area contributed by atoms with Crippen LogP contribution in [-0.2, 0) is 5.54 Å². The van der Waals surface area contributed by atoms with E-state index in [0.717, 1.165) is 18.9 Å². The number of nitrogens with zero attached hydrogens (tertiary/aromatic N) is 1. The molecule has 1 N–H and O–H groups in total. The van der Waals surface area contributed by atoms with Gasteiger partial charge in [-0.05, 0) is 52.5 Å². The number of hydrogen-bond donors (Lipinski definition) is 1. The molecule has 1 rings (SSSR count). The zero-order valence-corrected chi connectivity index (χ0v) is 13.6. The molecule has 1 heterocycles. The lowest BCUT2D eigenvalue weighted by atomic mass is 9.92. The van der Waals surface area contributed by atoms with Crippen molar-refractivity contribution in [3.63, 3.8) is 0 Å². The Morgan fingerprint density at radius 3 is 2.44 bits per heavy atom. The van der Waals surface area contributed by atoms with E-state index < -0.39 is 0 Å². The summed E-state index contributed by atoms with van der Waals surface area (Å²) in [6.45, 7) is 14.4. The van der Waals surface area contributed by atoms with Crippen molar-refractivity contribution in [3.05, 3.63) is 15.6 Å². The van der Waals surface area contributed by atoms with Crippen LogP contribution in [0.4, 0.5) is 0 Å². The molecule has 0 bridgehead atoms. The van der Waals surface area contributed by atoms with Crippen LogP contribution in [0.25, 0.3) is 0 Å². The first-order valence-electron chi connectivity index (χ1n) is 7.08. The van der Waals surface area contributed by atoms with Gasteiger partial charge in [0.25, 0.3) is 0 Å². The van der Waals surface area contributed by atoms with Crippen LogP contribution in [0.5, 0.6) is 0 Å². The molecule has 0 fully saturated rings. The molecule has 2 nitrogen and oxygen atoms in total. The van der Waals surface area contributed by atoms with E-state index in [1.165, 1.54) is 28.4 Å². The number of aromatic nitrogens is 1. The molecule has 0 radical (unpaired) electrons. The summed E-state index contributed by atoms with van der Waals surface area (Å²) in [6.07, 6.45) is 3.57. The first-order chi connectivity index (χ1) is 8.39. The third-order valence-corrected chi connectivity index (χ3v) is 4.82. The Morgan fingerprint density at radius 2 is 2.00 bits per heavy atom. The fraction of sp³-hybridized carbons (Fsp3) is 0.800. The summed E-state index contributed by atoms with van der Waals surface area (Å²) < 4.78 is 0. The number of hydrogen-bond acceptors (Lipinski definition) is 3. The van der Waals surface area contributed by atoms with Gasteiger partial charge in [0, 0.05) is 4.88 Å². The van der Waals surface area contributed by atoms with Crippen molar-refractivity contribution in [2.24, 2.45) is 5.92 Å². The molecule has 1 aromatic heterocycles. The van der Waals surface area contributed by atoms with Crippen LogP contribution in [0.15, 0.2) is 0 Å². The summed E-state index contributed by atoms with van der Waals surface area (Å²) in [5.41, 5.74) is 1.23. The minimum Gasteiger partial charge on any atom is -0.306 e. The van der Waals surface area contributed by atoms with Gasteiger partial charge < -0.3 is 5.32 Å². The lowest BCUT2D eigenvalue weighted by Crippen LogP contribution is -2.40. The lowest BCUT2D eigenvalue weighted by Gasteiger charge is -2.29. The molecule has 18 heavy (non-hydrogen) atoms. The topological polar surface area (TPSA) is 24.9 Å². The minimum atomic E-state index is 0.0456. The maximum absolute atomic E-state index is 4.77. The number of aryl methyl sites for hydroxylation is 2. The maximum Gasteiger partial charge on any atom is 0.113 e. The van der Waals surface area contributed by atoms with E-state index in [2.05, 4.69) is 46.9 Å². The van der Waals surface area contributed by atoms with E-state index >= 15 is 0 Å². The molecule has 3 heteroatoms. The molecular formula is C15H28N2S. The van der Waals surface area contributed by atoms with E-state index in [1.807, 2.05) is 11.3 Å². The average molecular weight is 268 g/mol. The normalized spacial score (nSPS) is 15.1. The molecule has 0 saturated heterocycles. The van der Waals surface area contributed by atoms with Crippen LogP contribution in [0.3, 0.4) is 0 Å². The van der Waals surface area contributed by atoms with Crippen molar-refractivity contribution < 1.29 is 0 Å². The monoisotopic (exact) mass is 268 g/mol. The highest BCUT2D eigenvalue weighted by atomic mass is 32.1. The summed E-state index contributed by atoms with van der Waals surface area (Å²) >= 11 is 1.85. The van der Waals surface area contributed by atoms with Crippen LogP contribution in [0.1, 0.15) is 62.5 Å². The van der Waals surface area contributed by atoms with Gasteiger partial charge in [0.1, 0.15) is 5.01 Å². The summed E-state index contributed by atoms with van der Waals surface area (Å²) in [5, 5.41) is 4.96. The second kappa shape index (κ2) is 6.67. The fourth-order valence-electron chi connectivity index (χ4n) is 1.96. The molecular weight excluding hydrogens is 240 g/mol.